The quantitative estimate of drug-likeness (QED) is 0.724. The smallest absolute Gasteiger partial charge is 0.241 e. The maximum absolute atomic E-state index is 12.0. The van der Waals surface area contributed by atoms with Gasteiger partial charge < -0.3 is 4.98 Å². The van der Waals surface area contributed by atoms with Crippen LogP contribution in [0.25, 0.3) is 11.2 Å². The van der Waals surface area contributed by atoms with Gasteiger partial charge in [-0.1, -0.05) is 19.3 Å². The molecule has 3 N–H and O–H groups in total. The number of H-pyrrole nitrogens is 1. The molecule has 0 aromatic carbocycles. The van der Waals surface area contributed by atoms with Crippen molar-refractivity contribution < 1.29 is 4.79 Å². The zero-order valence-corrected chi connectivity index (χ0v) is 10.5. The number of aromatic amines is 1. The number of carbonyl (C=O) groups is 1. The monoisotopic (exact) mass is 260 g/mol. The number of rotatable bonds is 3. The Kier molecular flexibility index (Phi) is 3.26. The highest BCUT2D eigenvalue weighted by Crippen LogP contribution is 2.23. The molecule has 0 saturated heterocycles. The summed E-state index contributed by atoms with van der Waals surface area (Å²) in [5.41, 5.74) is 6.83. The Labute approximate surface area is 110 Å². The Morgan fingerprint density at radius 1 is 1.21 bits per heavy atom. The number of hydrogen-bond acceptors (Lipinski definition) is 5. The molecule has 1 fully saturated rings. The van der Waals surface area contributed by atoms with Crippen molar-refractivity contribution in [3.8, 4) is 0 Å². The van der Waals surface area contributed by atoms with E-state index in [1.165, 1.54) is 12.7 Å². The van der Waals surface area contributed by atoms with Crippen molar-refractivity contribution in [2.24, 2.45) is 5.92 Å². The number of imidazole rings is 1. The number of nitrogens with zero attached hydrogens (tertiary/aromatic N) is 3. The molecule has 100 valence electrons. The fourth-order valence-electron chi connectivity index (χ4n) is 2.45. The average Bonchev–Trinajstić information content (AvgIpc) is 2.94. The molecule has 3 rings (SSSR count). The molecule has 1 aliphatic rings. The van der Waals surface area contributed by atoms with E-state index < -0.39 is 0 Å². The van der Waals surface area contributed by atoms with Gasteiger partial charge in [-0.25, -0.2) is 15.0 Å². The average molecular weight is 260 g/mol. The highest BCUT2D eigenvalue weighted by Gasteiger charge is 2.21. The van der Waals surface area contributed by atoms with Crippen LogP contribution in [0.5, 0.6) is 0 Å². The highest BCUT2D eigenvalue weighted by molar-refractivity contribution is 5.85. The summed E-state index contributed by atoms with van der Waals surface area (Å²) in [6, 6.07) is 0. The van der Waals surface area contributed by atoms with Crippen LogP contribution >= 0.6 is 0 Å². The maximum atomic E-state index is 12.0. The minimum absolute atomic E-state index is 0.0333. The first-order chi connectivity index (χ1) is 9.34. The van der Waals surface area contributed by atoms with E-state index in [-0.39, 0.29) is 11.8 Å². The molecule has 0 atom stereocenters. The van der Waals surface area contributed by atoms with Crippen LogP contribution in [0.2, 0.25) is 0 Å². The first kappa shape index (κ1) is 11.9. The molecule has 0 radical (unpaired) electrons. The van der Waals surface area contributed by atoms with Crippen LogP contribution < -0.4 is 10.9 Å². The topological polar surface area (TPSA) is 95.6 Å². The lowest BCUT2D eigenvalue weighted by Gasteiger charge is -2.20. The van der Waals surface area contributed by atoms with E-state index in [1.807, 2.05) is 0 Å². The number of fused-ring (bicyclic) bond motifs is 1. The van der Waals surface area contributed by atoms with Crippen LogP contribution in [0.15, 0.2) is 12.7 Å². The minimum atomic E-state index is 0.0333. The van der Waals surface area contributed by atoms with Crippen LogP contribution in [0.4, 0.5) is 5.82 Å². The van der Waals surface area contributed by atoms with Crippen molar-refractivity contribution >= 4 is 22.9 Å². The van der Waals surface area contributed by atoms with E-state index in [4.69, 9.17) is 0 Å². The third kappa shape index (κ3) is 2.49. The second-order valence-electron chi connectivity index (χ2n) is 4.77. The molecule has 0 bridgehead atoms. The van der Waals surface area contributed by atoms with Gasteiger partial charge in [0, 0.05) is 5.92 Å². The molecule has 2 aromatic rings. The zero-order chi connectivity index (χ0) is 13.1. The van der Waals surface area contributed by atoms with Gasteiger partial charge in [0.25, 0.3) is 0 Å². The van der Waals surface area contributed by atoms with Gasteiger partial charge in [-0.3, -0.25) is 15.6 Å². The number of nitrogens with one attached hydrogen (secondary N) is 3. The SMILES string of the molecule is O=C(NNc1ncnc2nc[nH]c12)C1CCCCC1. The summed E-state index contributed by atoms with van der Waals surface area (Å²) < 4.78 is 0. The summed E-state index contributed by atoms with van der Waals surface area (Å²) in [5, 5.41) is 0. The summed E-state index contributed by atoms with van der Waals surface area (Å²) in [5.74, 6) is 0.679. The standard InChI is InChI=1S/C12H16N6O/c19-12(8-4-2-1-3-5-8)18-17-11-9-10(14-6-13-9)15-7-16-11/h6-8H,1-5H2,(H,18,19)(H2,13,14,15,16,17). The molecule has 1 saturated carbocycles. The Hall–Kier alpha value is -2.18. The van der Waals surface area contributed by atoms with E-state index in [1.54, 1.807) is 6.33 Å². The van der Waals surface area contributed by atoms with Crippen molar-refractivity contribution in [2.45, 2.75) is 32.1 Å². The molecular formula is C12H16N6O. The van der Waals surface area contributed by atoms with Gasteiger partial charge in [0.05, 0.1) is 6.33 Å². The van der Waals surface area contributed by atoms with Crippen molar-refractivity contribution in [3.63, 3.8) is 0 Å². The van der Waals surface area contributed by atoms with E-state index >= 15 is 0 Å². The molecule has 0 aliphatic heterocycles. The highest BCUT2D eigenvalue weighted by atomic mass is 16.2. The van der Waals surface area contributed by atoms with Crippen molar-refractivity contribution in [1.29, 1.82) is 0 Å². The van der Waals surface area contributed by atoms with Crippen LogP contribution in [0, 0.1) is 5.92 Å². The molecular weight excluding hydrogens is 244 g/mol. The molecule has 1 amide bonds. The summed E-state index contributed by atoms with van der Waals surface area (Å²) in [4.78, 5) is 27.1. The minimum Gasteiger partial charge on any atom is -0.340 e. The van der Waals surface area contributed by atoms with Crippen LogP contribution in [0.1, 0.15) is 32.1 Å². The number of carbonyl (C=O) groups excluding carboxylic acids is 1. The molecule has 0 spiro atoms. The molecule has 2 heterocycles. The Morgan fingerprint density at radius 3 is 2.89 bits per heavy atom. The van der Waals surface area contributed by atoms with Gasteiger partial charge in [0.15, 0.2) is 11.5 Å². The maximum Gasteiger partial charge on any atom is 0.241 e. The number of hydrazine groups is 1. The van der Waals surface area contributed by atoms with E-state index in [2.05, 4.69) is 30.8 Å². The fraction of sp³-hybridized carbons (Fsp3) is 0.500. The Balaban J connectivity index is 1.65. The molecule has 7 heteroatoms. The van der Waals surface area contributed by atoms with Crippen molar-refractivity contribution in [2.75, 3.05) is 5.43 Å². The normalized spacial score (nSPS) is 16.4. The Morgan fingerprint density at radius 2 is 2.05 bits per heavy atom. The summed E-state index contributed by atoms with van der Waals surface area (Å²) in [6.07, 6.45) is 8.41. The third-order valence-electron chi connectivity index (χ3n) is 3.50. The van der Waals surface area contributed by atoms with Crippen LogP contribution in [-0.2, 0) is 4.79 Å². The van der Waals surface area contributed by atoms with E-state index in [0.29, 0.717) is 17.0 Å². The van der Waals surface area contributed by atoms with Gasteiger partial charge in [-0.05, 0) is 12.8 Å². The lowest BCUT2D eigenvalue weighted by atomic mass is 9.89. The van der Waals surface area contributed by atoms with Gasteiger partial charge in [0.2, 0.25) is 5.91 Å². The Bertz CT molecular complexity index is 574. The molecule has 0 unspecified atom stereocenters. The predicted molar refractivity (Wildman–Crippen MR) is 70.0 cm³/mol. The number of anilines is 1. The van der Waals surface area contributed by atoms with E-state index in [0.717, 1.165) is 25.7 Å². The van der Waals surface area contributed by atoms with Crippen molar-refractivity contribution in [3.05, 3.63) is 12.7 Å². The van der Waals surface area contributed by atoms with Gasteiger partial charge in [-0.2, -0.15) is 0 Å². The fourth-order valence-corrected chi connectivity index (χ4v) is 2.45. The molecule has 2 aromatic heterocycles. The van der Waals surface area contributed by atoms with E-state index in [9.17, 15) is 4.79 Å². The van der Waals surface area contributed by atoms with Crippen LogP contribution in [0.3, 0.4) is 0 Å². The van der Waals surface area contributed by atoms with Crippen LogP contribution in [-0.4, -0.2) is 25.8 Å². The lowest BCUT2D eigenvalue weighted by molar-refractivity contribution is -0.125. The zero-order valence-electron chi connectivity index (χ0n) is 10.5. The third-order valence-corrected chi connectivity index (χ3v) is 3.50. The summed E-state index contributed by atoms with van der Waals surface area (Å²) >= 11 is 0. The molecule has 19 heavy (non-hydrogen) atoms. The first-order valence-electron chi connectivity index (χ1n) is 6.54. The van der Waals surface area contributed by atoms with Gasteiger partial charge in [0.1, 0.15) is 11.8 Å². The number of amides is 1. The number of aromatic nitrogens is 4. The second-order valence-corrected chi connectivity index (χ2v) is 4.77. The summed E-state index contributed by atoms with van der Waals surface area (Å²) in [6.45, 7) is 0. The molecule has 1 aliphatic carbocycles. The van der Waals surface area contributed by atoms with Crippen molar-refractivity contribution in [1.82, 2.24) is 25.4 Å². The van der Waals surface area contributed by atoms with Gasteiger partial charge >= 0.3 is 0 Å². The largest absolute Gasteiger partial charge is 0.340 e. The lowest BCUT2D eigenvalue weighted by Crippen LogP contribution is -2.36. The van der Waals surface area contributed by atoms with Gasteiger partial charge in [-0.15, -0.1) is 0 Å². The predicted octanol–water partition coefficient (Wildman–Crippen LogP) is 1.38. The first-order valence-corrected chi connectivity index (χ1v) is 6.54. The number of hydrogen-bond donors (Lipinski definition) is 3. The second kappa shape index (κ2) is 5.21. The summed E-state index contributed by atoms with van der Waals surface area (Å²) in [7, 11) is 0. The molecule has 7 nitrogen and oxygen atoms in total.